The summed E-state index contributed by atoms with van der Waals surface area (Å²) in [7, 11) is 0. The van der Waals surface area contributed by atoms with Crippen LogP contribution in [0.3, 0.4) is 0 Å². The maximum Gasteiger partial charge on any atom is 0.227 e. The Morgan fingerprint density at radius 2 is 1.95 bits per heavy atom. The van der Waals surface area contributed by atoms with Crippen LogP contribution >= 0.6 is 0 Å². The van der Waals surface area contributed by atoms with Gasteiger partial charge in [0.05, 0.1) is 6.07 Å². The fourth-order valence-electron chi connectivity index (χ4n) is 2.72. The number of nitrogens with one attached hydrogen (secondary N) is 1. The molecule has 1 aliphatic rings. The third-order valence-corrected chi connectivity index (χ3v) is 4.01. The zero-order valence-corrected chi connectivity index (χ0v) is 12.4. The highest BCUT2D eigenvalue weighted by Gasteiger charge is 2.24. The van der Waals surface area contributed by atoms with Gasteiger partial charge < -0.3 is 10.2 Å². The van der Waals surface area contributed by atoms with E-state index in [4.69, 9.17) is 5.26 Å². The molecular weight excluding hydrogens is 262 g/mol. The standard InChI is InChI=1S/C17H23N3O/c18-11-5-2-6-12-20-13-9-15(10-14-20)17(21)19-16-7-3-1-4-8-16/h1,3-4,7-8,15H,2,5-6,9-10,12-14H2,(H,19,21). The van der Waals surface area contributed by atoms with Crippen LogP contribution in [0.4, 0.5) is 5.69 Å². The van der Waals surface area contributed by atoms with E-state index in [0.29, 0.717) is 6.42 Å². The lowest BCUT2D eigenvalue weighted by atomic mass is 9.95. The van der Waals surface area contributed by atoms with E-state index in [1.165, 1.54) is 0 Å². The number of nitrogens with zero attached hydrogens (tertiary/aromatic N) is 2. The lowest BCUT2D eigenvalue weighted by Crippen LogP contribution is -2.38. The first-order chi connectivity index (χ1) is 10.3. The summed E-state index contributed by atoms with van der Waals surface area (Å²) in [6, 6.07) is 11.8. The van der Waals surface area contributed by atoms with Gasteiger partial charge in [-0.2, -0.15) is 5.26 Å². The minimum absolute atomic E-state index is 0.126. The number of likely N-dealkylation sites (tertiary alicyclic amines) is 1. The van der Waals surface area contributed by atoms with Crippen LogP contribution in [0.5, 0.6) is 0 Å². The van der Waals surface area contributed by atoms with Gasteiger partial charge in [0, 0.05) is 18.0 Å². The molecule has 1 N–H and O–H groups in total. The number of carbonyl (C=O) groups is 1. The van der Waals surface area contributed by atoms with Crippen LogP contribution in [-0.4, -0.2) is 30.4 Å². The summed E-state index contributed by atoms with van der Waals surface area (Å²) in [6.07, 6.45) is 4.56. The first kappa shape index (κ1) is 15.5. The Hall–Kier alpha value is -1.86. The van der Waals surface area contributed by atoms with E-state index in [9.17, 15) is 4.79 Å². The molecule has 4 nitrogen and oxygen atoms in total. The van der Waals surface area contributed by atoms with Crippen LogP contribution in [0.1, 0.15) is 32.1 Å². The number of para-hydroxylation sites is 1. The first-order valence-electron chi connectivity index (χ1n) is 7.75. The Balaban J connectivity index is 1.69. The fraction of sp³-hybridized carbons (Fsp3) is 0.529. The molecule has 0 bridgehead atoms. The largest absolute Gasteiger partial charge is 0.326 e. The van der Waals surface area contributed by atoms with Crippen molar-refractivity contribution in [2.75, 3.05) is 25.0 Å². The molecule has 1 aliphatic heterocycles. The number of hydrogen-bond acceptors (Lipinski definition) is 3. The van der Waals surface area contributed by atoms with Crippen molar-refractivity contribution in [3.63, 3.8) is 0 Å². The average molecular weight is 285 g/mol. The number of amides is 1. The molecule has 112 valence electrons. The van der Waals surface area contributed by atoms with Crippen LogP contribution < -0.4 is 5.32 Å². The van der Waals surface area contributed by atoms with E-state index in [1.54, 1.807) is 0 Å². The second-order valence-electron chi connectivity index (χ2n) is 5.59. The molecular formula is C17H23N3O. The highest BCUT2D eigenvalue weighted by molar-refractivity contribution is 5.92. The van der Waals surface area contributed by atoms with Crippen LogP contribution in [0, 0.1) is 17.2 Å². The van der Waals surface area contributed by atoms with Crippen LogP contribution in [-0.2, 0) is 4.79 Å². The van der Waals surface area contributed by atoms with Crippen molar-refractivity contribution >= 4 is 11.6 Å². The summed E-state index contributed by atoms with van der Waals surface area (Å²) in [5.41, 5.74) is 0.876. The molecule has 1 aromatic carbocycles. The lowest BCUT2D eigenvalue weighted by Gasteiger charge is -2.31. The summed E-state index contributed by atoms with van der Waals surface area (Å²) in [4.78, 5) is 14.6. The van der Waals surface area contributed by atoms with Crippen molar-refractivity contribution in [3.8, 4) is 6.07 Å². The third-order valence-electron chi connectivity index (χ3n) is 4.01. The second kappa shape index (κ2) is 8.43. The van der Waals surface area contributed by atoms with Crippen molar-refractivity contribution in [2.24, 2.45) is 5.92 Å². The van der Waals surface area contributed by atoms with Gasteiger partial charge in [0.25, 0.3) is 0 Å². The Kier molecular flexibility index (Phi) is 6.23. The molecule has 0 aromatic heterocycles. The number of hydrogen-bond donors (Lipinski definition) is 1. The van der Waals surface area contributed by atoms with Crippen molar-refractivity contribution in [3.05, 3.63) is 30.3 Å². The monoisotopic (exact) mass is 285 g/mol. The van der Waals surface area contributed by atoms with Crippen molar-refractivity contribution in [1.82, 2.24) is 4.90 Å². The highest BCUT2D eigenvalue weighted by atomic mass is 16.1. The Morgan fingerprint density at radius 1 is 1.24 bits per heavy atom. The van der Waals surface area contributed by atoms with Crippen LogP contribution in [0.2, 0.25) is 0 Å². The quantitative estimate of drug-likeness (QED) is 0.817. The molecule has 0 unspecified atom stereocenters. The van der Waals surface area contributed by atoms with Gasteiger partial charge in [0.15, 0.2) is 0 Å². The van der Waals surface area contributed by atoms with Gasteiger partial charge in [0.1, 0.15) is 0 Å². The van der Waals surface area contributed by atoms with Gasteiger partial charge in [-0.1, -0.05) is 18.2 Å². The van der Waals surface area contributed by atoms with E-state index < -0.39 is 0 Å². The van der Waals surface area contributed by atoms with Crippen molar-refractivity contribution < 1.29 is 4.79 Å². The molecule has 0 atom stereocenters. The van der Waals surface area contributed by atoms with Gasteiger partial charge in [-0.15, -0.1) is 0 Å². The predicted octanol–water partition coefficient (Wildman–Crippen LogP) is 3.03. The molecule has 1 fully saturated rings. The van der Waals surface area contributed by atoms with Gasteiger partial charge >= 0.3 is 0 Å². The second-order valence-corrected chi connectivity index (χ2v) is 5.59. The maximum absolute atomic E-state index is 12.2. The molecule has 0 spiro atoms. The average Bonchev–Trinajstić information content (AvgIpc) is 2.53. The normalized spacial score (nSPS) is 16.3. The molecule has 21 heavy (non-hydrogen) atoms. The van der Waals surface area contributed by atoms with Crippen LogP contribution in [0.15, 0.2) is 30.3 Å². The lowest BCUT2D eigenvalue weighted by molar-refractivity contribution is -0.121. The van der Waals surface area contributed by atoms with Crippen molar-refractivity contribution in [2.45, 2.75) is 32.1 Å². The number of rotatable bonds is 6. The Bertz CT molecular complexity index is 473. The minimum Gasteiger partial charge on any atom is -0.326 e. The van der Waals surface area contributed by atoms with Gasteiger partial charge in [-0.25, -0.2) is 0 Å². The summed E-state index contributed by atoms with van der Waals surface area (Å²) in [5.74, 6) is 0.269. The number of anilines is 1. The highest BCUT2D eigenvalue weighted by Crippen LogP contribution is 2.19. The first-order valence-corrected chi connectivity index (χ1v) is 7.75. The Morgan fingerprint density at radius 3 is 2.62 bits per heavy atom. The molecule has 2 rings (SSSR count). The SMILES string of the molecule is N#CCCCCN1CCC(C(=O)Nc2ccccc2)CC1. The van der Waals surface area contributed by atoms with E-state index in [1.807, 2.05) is 30.3 Å². The number of unbranched alkanes of at least 4 members (excludes halogenated alkanes) is 2. The molecule has 0 radical (unpaired) electrons. The zero-order chi connectivity index (χ0) is 14.9. The summed E-state index contributed by atoms with van der Waals surface area (Å²) >= 11 is 0. The van der Waals surface area contributed by atoms with E-state index in [2.05, 4.69) is 16.3 Å². The third kappa shape index (κ3) is 5.20. The number of nitriles is 1. The van der Waals surface area contributed by atoms with Crippen LogP contribution in [0.25, 0.3) is 0 Å². The zero-order valence-electron chi connectivity index (χ0n) is 12.4. The fourth-order valence-corrected chi connectivity index (χ4v) is 2.72. The summed E-state index contributed by atoms with van der Waals surface area (Å²) in [6.45, 7) is 3.02. The van der Waals surface area contributed by atoms with Crippen molar-refractivity contribution in [1.29, 1.82) is 5.26 Å². The molecule has 0 aliphatic carbocycles. The molecule has 1 heterocycles. The molecule has 0 saturated carbocycles. The smallest absolute Gasteiger partial charge is 0.227 e. The molecule has 1 saturated heterocycles. The van der Waals surface area contributed by atoms with Gasteiger partial charge in [-0.05, 0) is 57.5 Å². The number of benzene rings is 1. The summed E-state index contributed by atoms with van der Waals surface area (Å²) in [5, 5.41) is 11.5. The van der Waals surface area contributed by atoms with E-state index >= 15 is 0 Å². The Labute approximate surface area is 126 Å². The molecule has 1 amide bonds. The minimum atomic E-state index is 0.126. The maximum atomic E-state index is 12.2. The molecule has 1 aromatic rings. The summed E-state index contributed by atoms with van der Waals surface area (Å²) < 4.78 is 0. The van der Waals surface area contributed by atoms with Gasteiger partial charge in [0.2, 0.25) is 5.91 Å². The predicted molar refractivity (Wildman–Crippen MR) is 83.7 cm³/mol. The van der Waals surface area contributed by atoms with E-state index in [0.717, 1.165) is 51.0 Å². The number of piperidine rings is 1. The van der Waals surface area contributed by atoms with Gasteiger partial charge in [-0.3, -0.25) is 4.79 Å². The molecule has 4 heteroatoms. The topological polar surface area (TPSA) is 56.1 Å². The number of carbonyl (C=O) groups excluding carboxylic acids is 1. The van der Waals surface area contributed by atoms with E-state index in [-0.39, 0.29) is 11.8 Å².